The number of aromatic amines is 1. The van der Waals surface area contributed by atoms with Crippen molar-refractivity contribution in [2.24, 2.45) is 0 Å². The summed E-state index contributed by atoms with van der Waals surface area (Å²) in [4.78, 5) is 7.37. The fourth-order valence-corrected chi connectivity index (χ4v) is 3.42. The van der Waals surface area contributed by atoms with E-state index < -0.39 is 16.1 Å². The van der Waals surface area contributed by atoms with E-state index in [-0.39, 0.29) is 4.90 Å². The van der Waals surface area contributed by atoms with Crippen LogP contribution in [0.5, 0.6) is 0 Å². The summed E-state index contributed by atoms with van der Waals surface area (Å²) in [5.41, 5.74) is 0.889. The standard InChI is InChI=1S/C13H16ClN3O2S/c1-3-12(13-15-8-9(2)16-13)17-20(18,19)11-6-4-5-10(14)7-11/h4-8,12,17H,3H2,1-2H3,(H,15,16). The molecular weight excluding hydrogens is 298 g/mol. The predicted molar refractivity (Wildman–Crippen MR) is 78.1 cm³/mol. The summed E-state index contributed by atoms with van der Waals surface area (Å²) in [6, 6.07) is 5.77. The van der Waals surface area contributed by atoms with Gasteiger partial charge in [-0.3, -0.25) is 0 Å². The Morgan fingerprint density at radius 1 is 1.45 bits per heavy atom. The van der Waals surface area contributed by atoms with Gasteiger partial charge in [-0.25, -0.2) is 18.1 Å². The average Bonchev–Trinajstić information content (AvgIpc) is 2.82. The SMILES string of the molecule is CCC(NS(=O)(=O)c1cccc(Cl)c1)c1ncc(C)[nH]1. The molecule has 0 aliphatic carbocycles. The van der Waals surface area contributed by atoms with Gasteiger partial charge in [-0.1, -0.05) is 24.6 Å². The first-order valence-electron chi connectivity index (χ1n) is 6.22. The highest BCUT2D eigenvalue weighted by Crippen LogP contribution is 2.20. The van der Waals surface area contributed by atoms with Crippen molar-refractivity contribution < 1.29 is 8.42 Å². The molecule has 108 valence electrons. The molecule has 5 nitrogen and oxygen atoms in total. The normalized spacial score (nSPS) is 13.3. The predicted octanol–water partition coefficient (Wildman–Crippen LogP) is 2.80. The third-order valence-corrected chi connectivity index (χ3v) is 4.57. The van der Waals surface area contributed by atoms with Crippen LogP contribution in [0.3, 0.4) is 0 Å². The molecule has 1 aromatic heterocycles. The molecule has 1 aromatic carbocycles. The van der Waals surface area contributed by atoms with E-state index in [1.54, 1.807) is 18.3 Å². The van der Waals surface area contributed by atoms with Crippen molar-refractivity contribution in [3.63, 3.8) is 0 Å². The highest BCUT2D eigenvalue weighted by molar-refractivity contribution is 7.89. The van der Waals surface area contributed by atoms with E-state index in [2.05, 4.69) is 14.7 Å². The zero-order valence-electron chi connectivity index (χ0n) is 11.2. The molecule has 0 aliphatic rings. The lowest BCUT2D eigenvalue weighted by Crippen LogP contribution is -2.29. The summed E-state index contributed by atoms with van der Waals surface area (Å²) in [6.07, 6.45) is 2.26. The molecule has 0 spiro atoms. The number of aromatic nitrogens is 2. The molecule has 7 heteroatoms. The molecule has 0 fully saturated rings. The van der Waals surface area contributed by atoms with Gasteiger partial charge in [-0.2, -0.15) is 0 Å². The average molecular weight is 314 g/mol. The fraction of sp³-hybridized carbons (Fsp3) is 0.308. The molecular formula is C13H16ClN3O2S. The minimum Gasteiger partial charge on any atom is -0.345 e. The van der Waals surface area contributed by atoms with E-state index in [0.717, 1.165) is 5.69 Å². The highest BCUT2D eigenvalue weighted by atomic mass is 35.5. The largest absolute Gasteiger partial charge is 0.345 e. The molecule has 0 saturated heterocycles. The lowest BCUT2D eigenvalue weighted by Gasteiger charge is -2.15. The van der Waals surface area contributed by atoms with Crippen molar-refractivity contribution in [1.82, 2.24) is 14.7 Å². The molecule has 0 saturated carbocycles. The number of nitrogens with one attached hydrogen (secondary N) is 2. The lowest BCUT2D eigenvalue weighted by molar-refractivity contribution is 0.539. The van der Waals surface area contributed by atoms with Gasteiger partial charge in [0.1, 0.15) is 5.82 Å². The Morgan fingerprint density at radius 2 is 2.20 bits per heavy atom. The minimum atomic E-state index is -3.63. The maximum absolute atomic E-state index is 12.3. The van der Waals surface area contributed by atoms with Gasteiger partial charge in [0.05, 0.1) is 10.9 Å². The fourth-order valence-electron chi connectivity index (χ4n) is 1.83. The molecule has 1 atom stereocenters. The second-order valence-corrected chi connectivity index (χ2v) is 6.64. The monoisotopic (exact) mass is 313 g/mol. The van der Waals surface area contributed by atoms with Crippen molar-refractivity contribution in [2.45, 2.75) is 31.2 Å². The second-order valence-electron chi connectivity index (χ2n) is 4.49. The summed E-state index contributed by atoms with van der Waals surface area (Å²) < 4.78 is 27.3. The maximum atomic E-state index is 12.3. The number of aryl methyl sites for hydroxylation is 1. The summed E-state index contributed by atoms with van der Waals surface area (Å²) in [6.45, 7) is 3.76. The molecule has 0 aliphatic heterocycles. The van der Waals surface area contributed by atoms with Gasteiger partial charge >= 0.3 is 0 Å². The molecule has 2 rings (SSSR count). The van der Waals surface area contributed by atoms with Crippen LogP contribution in [0.1, 0.15) is 30.9 Å². The van der Waals surface area contributed by atoms with Crippen molar-refractivity contribution in [3.8, 4) is 0 Å². The zero-order valence-corrected chi connectivity index (χ0v) is 12.8. The molecule has 2 aromatic rings. The molecule has 1 heterocycles. The first kappa shape index (κ1) is 15.0. The number of sulfonamides is 1. The number of imidazole rings is 1. The molecule has 2 N–H and O–H groups in total. The number of benzene rings is 1. The smallest absolute Gasteiger partial charge is 0.241 e. The Hall–Kier alpha value is -1.37. The van der Waals surface area contributed by atoms with E-state index in [1.807, 2.05) is 13.8 Å². The van der Waals surface area contributed by atoms with Crippen LogP contribution in [-0.2, 0) is 10.0 Å². The third kappa shape index (κ3) is 3.39. The minimum absolute atomic E-state index is 0.145. The number of rotatable bonds is 5. The quantitative estimate of drug-likeness (QED) is 0.891. The molecule has 0 amide bonds. The van der Waals surface area contributed by atoms with Gasteiger partial charge in [-0.05, 0) is 31.5 Å². The lowest BCUT2D eigenvalue weighted by atomic mass is 10.2. The van der Waals surface area contributed by atoms with E-state index in [9.17, 15) is 8.42 Å². The Bertz CT molecular complexity index is 697. The van der Waals surface area contributed by atoms with Crippen LogP contribution < -0.4 is 4.72 Å². The van der Waals surface area contributed by atoms with Crippen LogP contribution in [0.15, 0.2) is 35.4 Å². The van der Waals surface area contributed by atoms with E-state index in [1.165, 1.54) is 12.1 Å². The Kier molecular flexibility index (Phi) is 4.47. The highest BCUT2D eigenvalue weighted by Gasteiger charge is 2.22. The number of hydrogen-bond donors (Lipinski definition) is 2. The Labute approximate surface area is 123 Å². The summed E-state index contributed by atoms with van der Waals surface area (Å²) in [5.74, 6) is 0.607. The molecule has 0 radical (unpaired) electrons. The number of hydrogen-bond acceptors (Lipinski definition) is 3. The Morgan fingerprint density at radius 3 is 2.75 bits per heavy atom. The van der Waals surface area contributed by atoms with Crippen molar-refractivity contribution >= 4 is 21.6 Å². The van der Waals surface area contributed by atoms with Gasteiger partial charge < -0.3 is 4.98 Å². The maximum Gasteiger partial charge on any atom is 0.241 e. The first-order valence-corrected chi connectivity index (χ1v) is 8.08. The van der Waals surface area contributed by atoms with Gasteiger partial charge in [-0.15, -0.1) is 0 Å². The number of nitrogens with zero attached hydrogens (tertiary/aromatic N) is 1. The third-order valence-electron chi connectivity index (χ3n) is 2.86. The summed E-state index contributed by atoms with van der Waals surface area (Å²) in [5, 5.41) is 0.384. The summed E-state index contributed by atoms with van der Waals surface area (Å²) in [7, 11) is -3.63. The number of halogens is 1. The molecule has 20 heavy (non-hydrogen) atoms. The van der Waals surface area contributed by atoms with Gasteiger partial charge in [0, 0.05) is 16.9 Å². The molecule has 0 bridgehead atoms. The van der Waals surface area contributed by atoms with Crippen LogP contribution in [0.4, 0.5) is 0 Å². The second kappa shape index (κ2) is 5.95. The van der Waals surface area contributed by atoms with E-state index in [4.69, 9.17) is 11.6 Å². The van der Waals surface area contributed by atoms with Crippen molar-refractivity contribution in [1.29, 1.82) is 0 Å². The van der Waals surface area contributed by atoms with Crippen LogP contribution in [-0.4, -0.2) is 18.4 Å². The van der Waals surface area contributed by atoms with Gasteiger partial charge in [0.25, 0.3) is 0 Å². The summed E-state index contributed by atoms with van der Waals surface area (Å²) >= 11 is 5.83. The van der Waals surface area contributed by atoms with E-state index in [0.29, 0.717) is 17.3 Å². The number of H-pyrrole nitrogens is 1. The van der Waals surface area contributed by atoms with Crippen molar-refractivity contribution in [3.05, 3.63) is 47.0 Å². The van der Waals surface area contributed by atoms with Crippen molar-refractivity contribution in [2.75, 3.05) is 0 Å². The first-order chi connectivity index (χ1) is 9.42. The topological polar surface area (TPSA) is 74.8 Å². The van der Waals surface area contributed by atoms with E-state index >= 15 is 0 Å². The van der Waals surface area contributed by atoms with Crippen LogP contribution >= 0.6 is 11.6 Å². The van der Waals surface area contributed by atoms with Gasteiger partial charge in [0.15, 0.2) is 0 Å². The zero-order chi connectivity index (χ0) is 14.8. The van der Waals surface area contributed by atoms with Crippen LogP contribution in [0, 0.1) is 6.92 Å². The Balaban J connectivity index is 2.26. The molecule has 1 unspecified atom stereocenters. The van der Waals surface area contributed by atoms with Crippen LogP contribution in [0.2, 0.25) is 5.02 Å². The van der Waals surface area contributed by atoms with Crippen LogP contribution in [0.25, 0.3) is 0 Å². The van der Waals surface area contributed by atoms with Gasteiger partial charge in [0.2, 0.25) is 10.0 Å².